The van der Waals surface area contributed by atoms with Crippen LogP contribution in [0.25, 0.3) is 0 Å². The Morgan fingerprint density at radius 1 is 1.36 bits per heavy atom. The first-order valence-electron chi connectivity index (χ1n) is 4.56. The Labute approximate surface area is 69.2 Å². The monoisotopic (exact) mass is 154 g/mol. The molecule has 0 radical (unpaired) electrons. The lowest BCUT2D eigenvalue weighted by atomic mass is 9.82. The maximum atomic E-state index is 11.3. The number of carbonyl (C=O) groups excluding carboxylic acids is 1. The Morgan fingerprint density at radius 3 is 2.09 bits per heavy atom. The minimum atomic E-state index is 0.310. The van der Waals surface area contributed by atoms with Crippen molar-refractivity contribution in [1.82, 2.24) is 0 Å². The molecule has 0 spiro atoms. The van der Waals surface area contributed by atoms with Gasteiger partial charge in [-0.3, -0.25) is 4.79 Å². The van der Waals surface area contributed by atoms with Crippen molar-refractivity contribution >= 4 is 5.78 Å². The molecular formula is C10H18O. The van der Waals surface area contributed by atoms with E-state index < -0.39 is 0 Å². The summed E-state index contributed by atoms with van der Waals surface area (Å²) in [5.74, 6) is 2.67. The second-order valence-corrected chi connectivity index (χ2v) is 4.26. The Balaban J connectivity index is 2.71. The highest BCUT2D eigenvalue weighted by Crippen LogP contribution is 2.38. The minimum absolute atomic E-state index is 0.310. The lowest BCUT2D eigenvalue weighted by molar-refractivity contribution is -0.121. The molecule has 1 saturated carbocycles. The molecule has 0 bridgehead atoms. The van der Waals surface area contributed by atoms with E-state index in [1.807, 2.05) is 0 Å². The molecule has 1 nitrogen and oxygen atoms in total. The molecule has 64 valence electrons. The predicted octanol–water partition coefficient (Wildman–Crippen LogP) is 2.50. The first kappa shape index (κ1) is 8.76. The zero-order chi connectivity index (χ0) is 8.59. The minimum Gasteiger partial charge on any atom is -0.299 e. The van der Waals surface area contributed by atoms with Gasteiger partial charge in [0.15, 0.2) is 0 Å². The summed E-state index contributed by atoms with van der Waals surface area (Å²) in [6, 6.07) is 0. The maximum Gasteiger partial charge on any atom is 0.136 e. The molecule has 1 aliphatic rings. The molecule has 0 aromatic carbocycles. The number of hydrogen-bond acceptors (Lipinski definition) is 1. The number of Topliss-reactive ketones (excluding diaryl/α,β-unsaturated/α-hetero) is 1. The van der Waals surface area contributed by atoms with E-state index in [9.17, 15) is 4.79 Å². The van der Waals surface area contributed by atoms with E-state index >= 15 is 0 Å². The summed E-state index contributed by atoms with van der Waals surface area (Å²) >= 11 is 0. The first-order chi connectivity index (χ1) is 5.04. The van der Waals surface area contributed by atoms with Gasteiger partial charge in [0.25, 0.3) is 0 Å². The van der Waals surface area contributed by atoms with E-state index in [1.165, 1.54) is 0 Å². The van der Waals surface area contributed by atoms with E-state index in [1.54, 1.807) is 0 Å². The average Bonchev–Trinajstić information content (AvgIpc) is 2.07. The Bertz CT molecular complexity index is 160. The standard InChI is InChI=1S/C10H18O/c1-6(2)10-7(3)5-9(11)8(10)4/h6-8,10H,5H2,1-4H3. The lowest BCUT2D eigenvalue weighted by Gasteiger charge is -2.22. The molecule has 3 atom stereocenters. The van der Waals surface area contributed by atoms with Gasteiger partial charge in [-0.05, 0) is 17.8 Å². The molecule has 0 aliphatic heterocycles. The molecule has 0 aromatic rings. The quantitative estimate of drug-likeness (QED) is 0.567. The van der Waals surface area contributed by atoms with Gasteiger partial charge in [0.05, 0.1) is 0 Å². The van der Waals surface area contributed by atoms with Crippen molar-refractivity contribution < 1.29 is 4.79 Å². The van der Waals surface area contributed by atoms with Crippen LogP contribution in [0.3, 0.4) is 0 Å². The highest BCUT2D eigenvalue weighted by molar-refractivity contribution is 5.83. The number of rotatable bonds is 1. The number of ketones is 1. The molecule has 0 aromatic heterocycles. The third-order valence-corrected chi connectivity index (χ3v) is 3.04. The fourth-order valence-electron chi connectivity index (χ4n) is 2.58. The normalized spacial score (nSPS) is 38.6. The second-order valence-electron chi connectivity index (χ2n) is 4.26. The summed E-state index contributed by atoms with van der Waals surface area (Å²) in [6.45, 7) is 8.72. The highest BCUT2D eigenvalue weighted by Gasteiger charge is 2.38. The molecule has 0 N–H and O–H groups in total. The smallest absolute Gasteiger partial charge is 0.136 e. The summed E-state index contributed by atoms with van der Waals surface area (Å²) in [5, 5.41) is 0. The van der Waals surface area contributed by atoms with Gasteiger partial charge in [0, 0.05) is 12.3 Å². The van der Waals surface area contributed by atoms with E-state index in [2.05, 4.69) is 27.7 Å². The molecule has 3 unspecified atom stereocenters. The van der Waals surface area contributed by atoms with Crippen molar-refractivity contribution in [3.8, 4) is 0 Å². The fraction of sp³-hybridized carbons (Fsp3) is 0.900. The van der Waals surface area contributed by atoms with Gasteiger partial charge in [-0.1, -0.05) is 27.7 Å². The summed E-state index contributed by atoms with van der Waals surface area (Å²) in [4.78, 5) is 11.3. The second kappa shape index (κ2) is 2.96. The summed E-state index contributed by atoms with van der Waals surface area (Å²) in [7, 11) is 0. The Kier molecular flexibility index (Phi) is 2.36. The first-order valence-corrected chi connectivity index (χ1v) is 4.56. The van der Waals surface area contributed by atoms with Gasteiger partial charge in [0.1, 0.15) is 5.78 Å². The lowest BCUT2D eigenvalue weighted by Crippen LogP contribution is -2.19. The maximum absolute atomic E-state index is 11.3. The molecule has 1 fully saturated rings. The van der Waals surface area contributed by atoms with E-state index in [0.717, 1.165) is 6.42 Å². The van der Waals surface area contributed by atoms with Crippen LogP contribution >= 0.6 is 0 Å². The van der Waals surface area contributed by atoms with E-state index in [0.29, 0.717) is 29.5 Å². The molecule has 1 aliphatic carbocycles. The van der Waals surface area contributed by atoms with Crippen LogP contribution in [0.15, 0.2) is 0 Å². The van der Waals surface area contributed by atoms with Crippen molar-refractivity contribution in [3.63, 3.8) is 0 Å². The molecule has 0 heterocycles. The number of hydrogen-bond donors (Lipinski definition) is 0. The van der Waals surface area contributed by atoms with Gasteiger partial charge in [-0.15, -0.1) is 0 Å². The van der Waals surface area contributed by atoms with Crippen LogP contribution in [0.4, 0.5) is 0 Å². The summed E-state index contributed by atoms with van der Waals surface area (Å²) < 4.78 is 0. The SMILES string of the molecule is CC(C)C1C(C)CC(=O)C1C. The van der Waals surface area contributed by atoms with Gasteiger partial charge in [0.2, 0.25) is 0 Å². The van der Waals surface area contributed by atoms with Gasteiger partial charge < -0.3 is 0 Å². The van der Waals surface area contributed by atoms with Crippen LogP contribution < -0.4 is 0 Å². The Morgan fingerprint density at radius 2 is 1.91 bits per heavy atom. The summed E-state index contributed by atoms with van der Waals surface area (Å²) in [5.41, 5.74) is 0. The molecule has 11 heavy (non-hydrogen) atoms. The van der Waals surface area contributed by atoms with Gasteiger partial charge >= 0.3 is 0 Å². The van der Waals surface area contributed by atoms with Crippen molar-refractivity contribution in [1.29, 1.82) is 0 Å². The van der Waals surface area contributed by atoms with Gasteiger partial charge in [-0.25, -0.2) is 0 Å². The largest absolute Gasteiger partial charge is 0.299 e. The highest BCUT2D eigenvalue weighted by atomic mass is 16.1. The van der Waals surface area contributed by atoms with Gasteiger partial charge in [-0.2, -0.15) is 0 Å². The van der Waals surface area contributed by atoms with Crippen molar-refractivity contribution in [3.05, 3.63) is 0 Å². The van der Waals surface area contributed by atoms with Crippen LogP contribution in [-0.4, -0.2) is 5.78 Å². The molecule has 0 amide bonds. The van der Waals surface area contributed by atoms with Crippen LogP contribution in [-0.2, 0) is 4.79 Å². The van der Waals surface area contributed by atoms with E-state index in [4.69, 9.17) is 0 Å². The van der Waals surface area contributed by atoms with Crippen molar-refractivity contribution in [2.24, 2.45) is 23.7 Å². The molecular weight excluding hydrogens is 136 g/mol. The third-order valence-electron chi connectivity index (χ3n) is 3.04. The average molecular weight is 154 g/mol. The van der Waals surface area contributed by atoms with Crippen LogP contribution in [0.1, 0.15) is 34.1 Å². The van der Waals surface area contributed by atoms with E-state index in [-0.39, 0.29) is 0 Å². The van der Waals surface area contributed by atoms with Crippen molar-refractivity contribution in [2.45, 2.75) is 34.1 Å². The molecule has 0 saturated heterocycles. The summed E-state index contributed by atoms with van der Waals surface area (Å²) in [6.07, 6.45) is 0.810. The van der Waals surface area contributed by atoms with Crippen molar-refractivity contribution in [2.75, 3.05) is 0 Å². The predicted molar refractivity (Wildman–Crippen MR) is 46.3 cm³/mol. The zero-order valence-corrected chi connectivity index (χ0v) is 7.92. The molecule has 1 rings (SSSR count). The number of carbonyl (C=O) groups is 1. The Hall–Kier alpha value is -0.330. The molecule has 1 heteroatoms. The fourth-order valence-corrected chi connectivity index (χ4v) is 2.58. The zero-order valence-electron chi connectivity index (χ0n) is 7.92. The van der Waals surface area contributed by atoms with Crippen LogP contribution in [0, 0.1) is 23.7 Å². The third kappa shape index (κ3) is 1.47. The van der Waals surface area contributed by atoms with Crippen LogP contribution in [0.5, 0.6) is 0 Å². The topological polar surface area (TPSA) is 17.1 Å². The van der Waals surface area contributed by atoms with Crippen LogP contribution in [0.2, 0.25) is 0 Å².